The zero-order valence-electron chi connectivity index (χ0n) is 13.1. The monoisotopic (exact) mass is 301 g/mol. The Hall–Kier alpha value is -0.920. The van der Waals surface area contributed by atoms with Gasteiger partial charge in [0.1, 0.15) is 12.4 Å². The maximum Gasteiger partial charge on any atom is 0.133 e. The first-order chi connectivity index (χ1) is 10.4. The molecule has 0 aromatic carbocycles. The van der Waals surface area contributed by atoms with Gasteiger partial charge in [-0.2, -0.15) is 0 Å². The Kier molecular flexibility index (Phi) is 11.0. The molecule has 1 rings (SSSR count). The molecule has 0 radical (unpaired) electrons. The highest BCUT2D eigenvalue weighted by Crippen LogP contribution is 2.11. The van der Waals surface area contributed by atoms with Crippen molar-refractivity contribution in [3.8, 4) is 0 Å². The van der Waals surface area contributed by atoms with E-state index in [0.717, 1.165) is 24.4 Å². The largest absolute Gasteiger partial charge is 0.467 e. The molecule has 6 nitrogen and oxygen atoms in total. The van der Waals surface area contributed by atoms with E-state index in [1.165, 1.54) is 0 Å². The lowest BCUT2D eigenvalue weighted by Crippen LogP contribution is -2.13. The van der Waals surface area contributed by atoms with E-state index >= 15 is 0 Å². The molecular weight excluding hydrogens is 274 g/mol. The van der Waals surface area contributed by atoms with Gasteiger partial charge < -0.3 is 28.7 Å². The lowest BCUT2D eigenvalue weighted by Gasteiger charge is -2.07. The minimum Gasteiger partial charge on any atom is -0.467 e. The topological polar surface area (TPSA) is 62.1 Å². The Morgan fingerprint density at radius 1 is 1.00 bits per heavy atom. The smallest absolute Gasteiger partial charge is 0.133 e. The van der Waals surface area contributed by atoms with Crippen LogP contribution in [0.1, 0.15) is 18.2 Å². The van der Waals surface area contributed by atoms with Crippen LogP contribution in [0.25, 0.3) is 0 Å². The summed E-state index contributed by atoms with van der Waals surface area (Å²) in [4.78, 5) is 0. The summed E-state index contributed by atoms with van der Waals surface area (Å²) in [7, 11) is 1.65. The van der Waals surface area contributed by atoms with Gasteiger partial charge in [-0.05, 0) is 12.6 Å². The summed E-state index contributed by atoms with van der Waals surface area (Å²) in [5, 5.41) is 3.27. The molecule has 1 heterocycles. The van der Waals surface area contributed by atoms with Gasteiger partial charge in [0, 0.05) is 19.2 Å². The van der Waals surface area contributed by atoms with Crippen molar-refractivity contribution in [1.82, 2.24) is 5.32 Å². The molecule has 0 saturated carbocycles. The predicted molar refractivity (Wildman–Crippen MR) is 79.3 cm³/mol. The van der Waals surface area contributed by atoms with E-state index in [-0.39, 0.29) is 0 Å². The maximum atomic E-state index is 5.54. The SMILES string of the molecule is CCNCc1ccoc1COCCOCCOCCOC. The molecule has 0 aliphatic heterocycles. The Morgan fingerprint density at radius 3 is 2.33 bits per heavy atom. The van der Waals surface area contributed by atoms with Crippen LogP contribution in [-0.4, -0.2) is 53.3 Å². The van der Waals surface area contributed by atoms with Gasteiger partial charge in [0.05, 0.1) is 45.9 Å². The number of rotatable bonds is 14. The fourth-order valence-corrected chi connectivity index (χ4v) is 1.66. The van der Waals surface area contributed by atoms with Crippen LogP contribution in [0, 0.1) is 0 Å². The van der Waals surface area contributed by atoms with E-state index in [1.807, 2.05) is 6.07 Å². The van der Waals surface area contributed by atoms with Crippen LogP contribution in [-0.2, 0) is 32.1 Å². The predicted octanol–water partition coefficient (Wildman–Crippen LogP) is 1.59. The summed E-state index contributed by atoms with van der Waals surface area (Å²) in [5.41, 5.74) is 1.14. The molecule has 0 spiro atoms. The van der Waals surface area contributed by atoms with E-state index in [9.17, 15) is 0 Å². The van der Waals surface area contributed by atoms with Gasteiger partial charge in [-0.1, -0.05) is 6.92 Å². The third kappa shape index (κ3) is 8.85. The summed E-state index contributed by atoms with van der Waals surface area (Å²) in [5.74, 6) is 0.874. The van der Waals surface area contributed by atoms with Gasteiger partial charge >= 0.3 is 0 Å². The molecule has 0 aliphatic rings. The number of nitrogens with one attached hydrogen (secondary N) is 1. The first kappa shape index (κ1) is 18.1. The highest BCUT2D eigenvalue weighted by Gasteiger charge is 2.05. The van der Waals surface area contributed by atoms with Crippen molar-refractivity contribution in [2.75, 3.05) is 53.3 Å². The Labute approximate surface area is 126 Å². The van der Waals surface area contributed by atoms with Gasteiger partial charge in [-0.25, -0.2) is 0 Å². The molecule has 0 amide bonds. The highest BCUT2D eigenvalue weighted by molar-refractivity contribution is 5.15. The van der Waals surface area contributed by atoms with Crippen molar-refractivity contribution in [3.05, 3.63) is 23.7 Å². The van der Waals surface area contributed by atoms with E-state index in [4.69, 9.17) is 23.4 Å². The second-order valence-corrected chi connectivity index (χ2v) is 4.42. The molecule has 0 fully saturated rings. The minimum atomic E-state index is 0.474. The van der Waals surface area contributed by atoms with E-state index in [0.29, 0.717) is 46.2 Å². The van der Waals surface area contributed by atoms with Gasteiger partial charge in [0.2, 0.25) is 0 Å². The normalized spacial score (nSPS) is 11.1. The van der Waals surface area contributed by atoms with Gasteiger partial charge in [-0.15, -0.1) is 0 Å². The Morgan fingerprint density at radius 2 is 1.67 bits per heavy atom. The summed E-state index contributed by atoms with van der Waals surface area (Å²) >= 11 is 0. The fourth-order valence-electron chi connectivity index (χ4n) is 1.66. The second kappa shape index (κ2) is 12.8. The van der Waals surface area contributed by atoms with Crippen molar-refractivity contribution in [2.45, 2.75) is 20.1 Å². The minimum absolute atomic E-state index is 0.474. The number of hydrogen-bond acceptors (Lipinski definition) is 6. The quantitative estimate of drug-likeness (QED) is 0.527. The number of methoxy groups -OCH3 is 1. The van der Waals surface area contributed by atoms with Crippen LogP contribution in [0.2, 0.25) is 0 Å². The average Bonchev–Trinajstić information content (AvgIpc) is 2.94. The van der Waals surface area contributed by atoms with Crippen LogP contribution < -0.4 is 5.32 Å². The molecule has 1 aromatic heterocycles. The third-order valence-electron chi connectivity index (χ3n) is 2.81. The summed E-state index contributed by atoms with van der Waals surface area (Å²) in [6.07, 6.45) is 1.69. The zero-order chi connectivity index (χ0) is 15.2. The first-order valence-corrected chi connectivity index (χ1v) is 7.36. The summed E-state index contributed by atoms with van der Waals surface area (Å²) in [6, 6.07) is 1.97. The lowest BCUT2D eigenvalue weighted by molar-refractivity contribution is -0.00138. The molecule has 0 bridgehead atoms. The second-order valence-electron chi connectivity index (χ2n) is 4.42. The third-order valence-corrected chi connectivity index (χ3v) is 2.81. The average molecular weight is 301 g/mol. The van der Waals surface area contributed by atoms with Crippen molar-refractivity contribution >= 4 is 0 Å². The number of ether oxygens (including phenoxy) is 4. The van der Waals surface area contributed by atoms with Crippen molar-refractivity contribution in [2.24, 2.45) is 0 Å². The fraction of sp³-hybridized carbons (Fsp3) is 0.733. The van der Waals surface area contributed by atoms with Crippen LogP contribution in [0.3, 0.4) is 0 Å². The molecule has 21 heavy (non-hydrogen) atoms. The Bertz CT molecular complexity index is 343. The Balaban J connectivity index is 1.95. The van der Waals surface area contributed by atoms with E-state index in [2.05, 4.69) is 12.2 Å². The molecule has 1 aromatic rings. The van der Waals surface area contributed by atoms with Gasteiger partial charge in [0.25, 0.3) is 0 Å². The molecule has 0 atom stereocenters. The molecule has 122 valence electrons. The number of hydrogen-bond donors (Lipinski definition) is 1. The van der Waals surface area contributed by atoms with Crippen LogP contribution in [0.5, 0.6) is 0 Å². The molecule has 0 unspecified atom stereocenters. The van der Waals surface area contributed by atoms with Crippen LogP contribution >= 0.6 is 0 Å². The molecule has 0 saturated heterocycles. The van der Waals surface area contributed by atoms with E-state index < -0.39 is 0 Å². The van der Waals surface area contributed by atoms with Gasteiger partial charge in [0.15, 0.2) is 0 Å². The number of furan rings is 1. The van der Waals surface area contributed by atoms with E-state index in [1.54, 1.807) is 13.4 Å². The first-order valence-electron chi connectivity index (χ1n) is 7.36. The van der Waals surface area contributed by atoms with Crippen molar-refractivity contribution in [3.63, 3.8) is 0 Å². The highest BCUT2D eigenvalue weighted by atomic mass is 16.6. The molecule has 1 N–H and O–H groups in total. The van der Waals surface area contributed by atoms with Crippen molar-refractivity contribution in [1.29, 1.82) is 0 Å². The van der Waals surface area contributed by atoms with Crippen molar-refractivity contribution < 1.29 is 23.4 Å². The lowest BCUT2D eigenvalue weighted by atomic mass is 10.2. The maximum absolute atomic E-state index is 5.54. The standard InChI is InChI=1S/C15H27NO5/c1-3-16-12-14-4-5-21-15(14)13-20-11-10-19-9-8-18-7-6-17-2/h4-5,16H,3,6-13H2,1-2H3. The van der Waals surface area contributed by atoms with Crippen LogP contribution in [0.15, 0.2) is 16.7 Å². The zero-order valence-corrected chi connectivity index (χ0v) is 13.1. The van der Waals surface area contributed by atoms with Gasteiger partial charge in [-0.3, -0.25) is 0 Å². The molecule has 0 aliphatic carbocycles. The van der Waals surface area contributed by atoms with Crippen LogP contribution in [0.4, 0.5) is 0 Å². The molecular formula is C15H27NO5. The summed E-state index contributed by atoms with van der Waals surface area (Å²) < 4.78 is 26.5. The molecule has 6 heteroatoms. The summed E-state index contributed by atoms with van der Waals surface area (Å²) in [6.45, 7) is 7.75.